The molecule has 0 spiro atoms. The summed E-state index contributed by atoms with van der Waals surface area (Å²) in [6, 6.07) is 18.3. The van der Waals surface area contributed by atoms with Crippen LogP contribution in [0.15, 0.2) is 54.6 Å². The molecule has 0 aliphatic carbocycles. The average molecular weight is 268 g/mol. The minimum absolute atomic E-state index is 0.275. The summed E-state index contributed by atoms with van der Waals surface area (Å²) >= 11 is 1.46. The molecule has 2 nitrogen and oxygen atoms in total. The van der Waals surface area contributed by atoms with Crippen LogP contribution in [-0.4, -0.2) is 13.1 Å². The predicted molar refractivity (Wildman–Crippen MR) is 78.6 cm³/mol. The van der Waals surface area contributed by atoms with Crippen molar-refractivity contribution in [3.05, 3.63) is 59.5 Å². The summed E-state index contributed by atoms with van der Waals surface area (Å²) in [5.74, 6) is -0.275. The molecule has 0 unspecified atom stereocenters. The number of benzene rings is 2. The highest BCUT2D eigenvalue weighted by Crippen LogP contribution is 2.30. The van der Waals surface area contributed by atoms with E-state index in [0.717, 1.165) is 15.6 Å². The van der Waals surface area contributed by atoms with Crippen molar-refractivity contribution < 1.29 is 9.53 Å². The van der Waals surface area contributed by atoms with E-state index in [1.165, 1.54) is 24.0 Å². The van der Waals surface area contributed by atoms with Gasteiger partial charge in [0, 0.05) is 4.70 Å². The molecular formula is C16H12O2S. The minimum atomic E-state index is -0.275. The lowest BCUT2D eigenvalue weighted by Crippen LogP contribution is -1.96. The normalized spacial score (nSPS) is 10.6. The zero-order valence-electron chi connectivity index (χ0n) is 10.4. The van der Waals surface area contributed by atoms with Crippen LogP contribution in [0.2, 0.25) is 0 Å². The molecule has 1 aromatic heterocycles. The first-order valence-corrected chi connectivity index (χ1v) is 6.77. The van der Waals surface area contributed by atoms with Crippen LogP contribution in [0, 0.1) is 0 Å². The van der Waals surface area contributed by atoms with Gasteiger partial charge in [0.1, 0.15) is 4.88 Å². The Morgan fingerprint density at radius 2 is 1.79 bits per heavy atom. The molecule has 19 heavy (non-hydrogen) atoms. The van der Waals surface area contributed by atoms with Gasteiger partial charge in [0.05, 0.1) is 7.11 Å². The number of hydrogen-bond donors (Lipinski definition) is 0. The second-order valence-electron chi connectivity index (χ2n) is 4.22. The van der Waals surface area contributed by atoms with E-state index in [9.17, 15) is 4.79 Å². The Labute approximate surface area is 115 Å². The van der Waals surface area contributed by atoms with E-state index < -0.39 is 0 Å². The second-order valence-corrected chi connectivity index (χ2v) is 5.30. The van der Waals surface area contributed by atoms with Crippen LogP contribution < -0.4 is 0 Å². The molecule has 0 bridgehead atoms. The molecule has 3 aromatic rings. The maximum absolute atomic E-state index is 11.5. The van der Waals surface area contributed by atoms with Gasteiger partial charge in [-0.3, -0.25) is 0 Å². The lowest BCUT2D eigenvalue weighted by molar-refractivity contribution is 0.0606. The molecule has 0 atom stereocenters. The summed E-state index contributed by atoms with van der Waals surface area (Å²) in [7, 11) is 1.40. The highest BCUT2D eigenvalue weighted by Gasteiger charge is 2.10. The number of esters is 1. The van der Waals surface area contributed by atoms with E-state index in [1.54, 1.807) is 0 Å². The van der Waals surface area contributed by atoms with Crippen LogP contribution in [-0.2, 0) is 4.74 Å². The van der Waals surface area contributed by atoms with Crippen molar-refractivity contribution >= 4 is 27.4 Å². The molecule has 0 saturated carbocycles. The summed E-state index contributed by atoms with van der Waals surface area (Å²) in [5, 5.41) is 1.07. The predicted octanol–water partition coefficient (Wildman–Crippen LogP) is 4.35. The zero-order chi connectivity index (χ0) is 13.2. The van der Waals surface area contributed by atoms with Crippen molar-refractivity contribution in [3.8, 4) is 11.1 Å². The van der Waals surface area contributed by atoms with Gasteiger partial charge in [-0.25, -0.2) is 4.79 Å². The van der Waals surface area contributed by atoms with E-state index >= 15 is 0 Å². The molecular weight excluding hydrogens is 256 g/mol. The van der Waals surface area contributed by atoms with Crippen molar-refractivity contribution in [3.63, 3.8) is 0 Å². The van der Waals surface area contributed by atoms with Crippen LogP contribution in [0.5, 0.6) is 0 Å². The van der Waals surface area contributed by atoms with Crippen LogP contribution in [0.25, 0.3) is 21.2 Å². The molecule has 0 N–H and O–H groups in total. The van der Waals surface area contributed by atoms with E-state index in [1.807, 2.05) is 30.3 Å². The molecule has 1 heterocycles. The fourth-order valence-corrected chi connectivity index (χ4v) is 3.06. The fraction of sp³-hybridized carbons (Fsp3) is 0.0625. The Kier molecular flexibility index (Phi) is 3.05. The molecule has 0 amide bonds. The molecule has 94 valence electrons. The number of rotatable bonds is 2. The number of hydrogen-bond acceptors (Lipinski definition) is 3. The van der Waals surface area contributed by atoms with Gasteiger partial charge in [0.2, 0.25) is 0 Å². The quantitative estimate of drug-likeness (QED) is 0.646. The van der Waals surface area contributed by atoms with Crippen molar-refractivity contribution in [1.82, 2.24) is 0 Å². The van der Waals surface area contributed by atoms with Gasteiger partial charge in [-0.1, -0.05) is 42.5 Å². The minimum Gasteiger partial charge on any atom is -0.465 e. The third kappa shape index (κ3) is 2.25. The Hall–Kier alpha value is -2.13. The Morgan fingerprint density at radius 1 is 1.00 bits per heavy atom. The monoisotopic (exact) mass is 268 g/mol. The lowest BCUT2D eigenvalue weighted by Gasteiger charge is -2.00. The first kappa shape index (κ1) is 11.9. The van der Waals surface area contributed by atoms with Crippen LogP contribution in [0.3, 0.4) is 0 Å². The smallest absolute Gasteiger partial charge is 0.348 e. The first-order valence-electron chi connectivity index (χ1n) is 5.95. The third-order valence-corrected chi connectivity index (χ3v) is 4.09. The van der Waals surface area contributed by atoms with Crippen LogP contribution in [0.4, 0.5) is 0 Å². The standard InChI is InChI=1S/C16H12O2S/c1-18-16(17)15-10-13-8-7-12(9-14(13)19-15)11-5-3-2-4-6-11/h2-10H,1H3. The number of fused-ring (bicyclic) bond motifs is 1. The first-order chi connectivity index (χ1) is 9.28. The van der Waals surface area contributed by atoms with E-state index in [0.29, 0.717) is 4.88 Å². The van der Waals surface area contributed by atoms with Gasteiger partial charge in [-0.2, -0.15) is 0 Å². The Balaban J connectivity index is 2.09. The maximum atomic E-state index is 11.5. The number of ether oxygens (including phenoxy) is 1. The lowest BCUT2D eigenvalue weighted by atomic mass is 10.1. The van der Waals surface area contributed by atoms with Gasteiger partial charge < -0.3 is 4.74 Å². The largest absolute Gasteiger partial charge is 0.465 e. The summed E-state index contributed by atoms with van der Waals surface area (Å²) in [5.41, 5.74) is 2.34. The number of carbonyl (C=O) groups excluding carboxylic acids is 1. The van der Waals surface area contributed by atoms with Gasteiger partial charge >= 0.3 is 5.97 Å². The van der Waals surface area contributed by atoms with Crippen molar-refractivity contribution in [2.75, 3.05) is 7.11 Å². The van der Waals surface area contributed by atoms with Crippen molar-refractivity contribution in [1.29, 1.82) is 0 Å². The molecule has 3 rings (SSSR count). The molecule has 0 radical (unpaired) electrons. The highest BCUT2D eigenvalue weighted by atomic mass is 32.1. The van der Waals surface area contributed by atoms with Crippen molar-refractivity contribution in [2.45, 2.75) is 0 Å². The van der Waals surface area contributed by atoms with Gasteiger partial charge in [0.25, 0.3) is 0 Å². The molecule has 0 fully saturated rings. The van der Waals surface area contributed by atoms with Crippen LogP contribution >= 0.6 is 11.3 Å². The highest BCUT2D eigenvalue weighted by molar-refractivity contribution is 7.20. The molecule has 0 aliphatic heterocycles. The van der Waals surface area contributed by atoms with E-state index in [-0.39, 0.29) is 5.97 Å². The second kappa shape index (κ2) is 4.86. The summed E-state index contributed by atoms with van der Waals surface area (Å²) in [4.78, 5) is 12.2. The van der Waals surface area contributed by atoms with E-state index in [2.05, 4.69) is 24.3 Å². The average Bonchev–Trinajstić information content (AvgIpc) is 2.90. The van der Waals surface area contributed by atoms with Gasteiger partial charge in [-0.05, 0) is 28.6 Å². The van der Waals surface area contributed by atoms with Crippen LogP contribution in [0.1, 0.15) is 9.67 Å². The Bertz CT molecular complexity index is 729. The number of thiophene rings is 1. The van der Waals surface area contributed by atoms with Crippen molar-refractivity contribution in [2.24, 2.45) is 0 Å². The maximum Gasteiger partial charge on any atom is 0.348 e. The molecule has 0 saturated heterocycles. The zero-order valence-corrected chi connectivity index (χ0v) is 11.2. The summed E-state index contributed by atoms with van der Waals surface area (Å²) < 4.78 is 5.85. The summed E-state index contributed by atoms with van der Waals surface area (Å²) in [6.45, 7) is 0. The molecule has 3 heteroatoms. The number of methoxy groups -OCH3 is 1. The van der Waals surface area contributed by atoms with Gasteiger partial charge in [-0.15, -0.1) is 11.3 Å². The molecule has 0 aliphatic rings. The topological polar surface area (TPSA) is 26.3 Å². The SMILES string of the molecule is COC(=O)c1cc2ccc(-c3ccccc3)cc2s1. The van der Waals surface area contributed by atoms with E-state index in [4.69, 9.17) is 4.74 Å². The summed E-state index contributed by atoms with van der Waals surface area (Å²) in [6.07, 6.45) is 0. The molecule has 2 aromatic carbocycles. The Morgan fingerprint density at radius 3 is 2.53 bits per heavy atom. The fourth-order valence-electron chi connectivity index (χ4n) is 2.04. The van der Waals surface area contributed by atoms with Gasteiger partial charge in [0.15, 0.2) is 0 Å². The number of carbonyl (C=O) groups is 1. The third-order valence-electron chi connectivity index (χ3n) is 3.01.